The molecule has 0 aromatic carbocycles. The minimum absolute atomic E-state index is 0.629. The number of aryl methyl sites for hydroxylation is 2. The van der Waals surface area contributed by atoms with E-state index in [0.29, 0.717) is 4.83 Å². The van der Waals surface area contributed by atoms with Crippen molar-refractivity contribution in [2.75, 3.05) is 0 Å². The van der Waals surface area contributed by atoms with E-state index in [1.807, 2.05) is 17.9 Å². The predicted octanol–water partition coefficient (Wildman–Crippen LogP) is 3.16. The van der Waals surface area contributed by atoms with Gasteiger partial charge in [-0.25, -0.2) is 0 Å². The van der Waals surface area contributed by atoms with Gasteiger partial charge in [-0.2, -0.15) is 5.10 Å². The summed E-state index contributed by atoms with van der Waals surface area (Å²) in [6, 6.07) is 2.10. The van der Waals surface area contributed by atoms with E-state index >= 15 is 0 Å². The topological polar surface area (TPSA) is 17.8 Å². The molecule has 0 radical (unpaired) electrons. The first kappa shape index (κ1) is 11.8. The quantitative estimate of drug-likeness (QED) is 0.743. The van der Waals surface area contributed by atoms with E-state index in [0.717, 1.165) is 12.3 Å². The van der Waals surface area contributed by atoms with Crippen LogP contribution >= 0.6 is 15.9 Å². The fourth-order valence-electron chi connectivity index (χ4n) is 1.71. The summed E-state index contributed by atoms with van der Waals surface area (Å²) in [5.41, 5.74) is 1.33. The van der Waals surface area contributed by atoms with Crippen molar-refractivity contribution in [2.45, 2.75) is 37.9 Å². The van der Waals surface area contributed by atoms with Crippen LogP contribution in [0.4, 0.5) is 0 Å². The molecule has 0 aliphatic heterocycles. The molecule has 80 valence electrons. The Labute approximate surface area is 94.8 Å². The third-order valence-electron chi connectivity index (χ3n) is 2.54. The number of rotatable bonds is 5. The Morgan fingerprint density at radius 3 is 2.71 bits per heavy atom. The first-order valence-electron chi connectivity index (χ1n) is 5.20. The van der Waals surface area contributed by atoms with Crippen molar-refractivity contribution in [1.29, 1.82) is 0 Å². The molecule has 2 unspecified atom stereocenters. The number of alkyl halides is 1. The van der Waals surface area contributed by atoms with Crippen molar-refractivity contribution in [3.05, 3.63) is 18.0 Å². The lowest BCUT2D eigenvalue weighted by atomic mass is 9.99. The molecule has 14 heavy (non-hydrogen) atoms. The molecular weight excluding hydrogens is 240 g/mol. The average molecular weight is 259 g/mol. The van der Waals surface area contributed by atoms with Crippen molar-refractivity contribution < 1.29 is 0 Å². The Hall–Kier alpha value is -0.310. The molecule has 0 aliphatic rings. The first-order valence-corrected chi connectivity index (χ1v) is 6.12. The normalized spacial score (nSPS) is 15.4. The van der Waals surface area contributed by atoms with Crippen molar-refractivity contribution in [1.82, 2.24) is 9.78 Å². The molecule has 0 saturated heterocycles. The SMILES string of the molecule is CC(Br)CC(C)CCc1ccnn1C. The van der Waals surface area contributed by atoms with E-state index < -0.39 is 0 Å². The van der Waals surface area contributed by atoms with Crippen LogP contribution in [0.3, 0.4) is 0 Å². The number of halogens is 1. The van der Waals surface area contributed by atoms with Crippen molar-refractivity contribution >= 4 is 15.9 Å². The molecule has 0 fully saturated rings. The van der Waals surface area contributed by atoms with Crippen molar-refractivity contribution in [3.8, 4) is 0 Å². The number of hydrogen-bond donors (Lipinski definition) is 0. The van der Waals surface area contributed by atoms with Gasteiger partial charge in [0.2, 0.25) is 0 Å². The van der Waals surface area contributed by atoms with Crippen molar-refractivity contribution in [2.24, 2.45) is 13.0 Å². The Bertz CT molecular complexity index is 268. The fraction of sp³-hybridized carbons (Fsp3) is 0.727. The lowest BCUT2D eigenvalue weighted by molar-refractivity contribution is 0.486. The Kier molecular flexibility index (Phi) is 4.66. The van der Waals surface area contributed by atoms with Gasteiger partial charge in [-0.1, -0.05) is 29.8 Å². The zero-order chi connectivity index (χ0) is 10.6. The van der Waals surface area contributed by atoms with E-state index in [2.05, 4.69) is 40.9 Å². The number of hydrogen-bond acceptors (Lipinski definition) is 1. The standard InChI is InChI=1S/C11H19BrN2/c1-9(8-10(2)12)4-5-11-6-7-13-14(11)3/h6-7,9-10H,4-5,8H2,1-3H3. The minimum Gasteiger partial charge on any atom is -0.273 e. The molecule has 0 bridgehead atoms. The fourth-order valence-corrected chi connectivity index (χ4v) is 2.35. The third kappa shape index (κ3) is 3.82. The second-order valence-electron chi connectivity index (χ2n) is 4.11. The molecule has 2 atom stereocenters. The van der Waals surface area contributed by atoms with Gasteiger partial charge in [0, 0.05) is 23.8 Å². The summed E-state index contributed by atoms with van der Waals surface area (Å²) in [6.45, 7) is 4.52. The van der Waals surface area contributed by atoms with Crippen molar-refractivity contribution in [3.63, 3.8) is 0 Å². The molecule has 0 spiro atoms. The summed E-state index contributed by atoms with van der Waals surface area (Å²) in [6.07, 6.45) is 5.50. The maximum absolute atomic E-state index is 4.16. The van der Waals surface area contributed by atoms with Gasteiger partial charge in [0.15, 0.2) is 0 Å². The van der Waals surface area contributed by atoms with Crippen LogP contribution < -0.4 is 0 Å². The highest BCUT2D eigenvalue weighted by Gasteiger charge is 2.07. The van der Waals surface area contributed by atoms with Gasteiger partial charge < -0.3 is 0 Å². The van der Waals surface area contributed by atoms with E-state index in [4.69, 9.17) is 0 Å². The smallest absolute Gasteiger partial charge is 0.0492 e. The molecule has 0 aliphatic carbocycles. The summed E-state index contributed by atoms with van der Waals surface area (Å²) in [4.78, 5) is 0.629. The van der Waals surface area contributed by atoms with Crippen LogP contribution in [0, 0.1) is 5.92 Å². The van der Waals surface area contributed by atoms with Crippen LogP contribution in [0.15, 0.2) is 12.3 Å². The van der Waals surface area contributed by atoms with Crippen LogP contribution in [0.1, 0.15) is 32.4 Å². The molecule has 1 rings (SSSR count). The van der Waals surface area contributed by atoms with E-state index in [9.17, 15) is 0 Å². The van der Waals surface area contributed by atoms with Gasteiger partial charge in [-0.15, -0.1) is 0 Å². The molecule has 0 N–H and O–H groups in total. The second kappa shape index (κ2) is 5.54. The number of nitrogens with zero attached hydrogens (tertiary/aromatic N) is 2. The average Bonchev–Trinajstić information content (AvgIpc) is 2.46. The van der Waals surface area contributed by atoms with E-state index in [-0.39, 0.29) is 0 Å². The molecule has 0 amide bonds. The summed E-state index contributed by atoms with van der Waals surface area (Å²) < 4.78 is 1.96. The van der Waals surface area contributed by atoms with Crippen LogP contribution in [0.2, 0.25) is 0 Å². The Balaban J connectivity index is 2.30. The highest BCUT2D eigenvalue weighted by molar-refractivity contribution is 9.09. The van der Waals surface area contributed by atoms with Gasteiger partial charge in [-0.3, -0.25) is 4.68 Å². The Morgan fingerprint density at radius 2 is 2.21 bits per heavy atom. The molecule has 2 nitrogen and oxygen atoms in total. The lowest BCUT2D eigenvalue weighted by Gasteiger charge is -2.12. The van der Waals surface area contributed by atoms with E-state index in [1.165, 1.54) is 18.5 Å². The molecular formula is C11H19BrN2. The minimum atomic E-state index is 0.629. The monoisotopic (exact) mass is 258 g/mol. The second-order valence-corrected chi connectivity index (χ2v) is 5.67. The van der Waals surface area contributed by atoms with Gasteiger partial charge in [-0.05, 0) is 31.2 Å². The van der Waals surface area contributed by atoms with Crippen LogP contribution in [-0.2, 0) is 13.5 Å². The molecule has 1 heterocycles. The summed E-state index contributed by atoms with van der Waals surface area (Å²) in [5.74, 6) is 0.777. The Morgan fingerprint density at radius 1 is 1.50 bits per heavy atom. The third-order valence-corrected chi connectivity index (χ3v) is 2.92. The number of aromatic nitrogens is 2. The summed E-state index contributed by atoms with van der Waals surface area (Å²) in [5, 5.41) is 4.16. The summed E-state index contributed by atoms with van der Waals surface area (Å²) >= 11 is 3.59. The molecule has 3 heteroatoms. The van der Waals surface area contributed by atoms with E-state index in [1.54, 1.807) is 0 Å². The summed E-state index contributed by atoms with van der Waals surface area (Å²) in [7, 11) is 2.01. The highest BCUT2D eigenvalue weighted by Crippen LogP contribution is 2.17. The van der Waals surface area contributed by atoms with Gasteiger partial charge in [0.1, 0.15) is 0 Å². The van der Waals surface area contributed by atoms with Crippen LogP contribution in [0.25, 0.3) is 0 Å². The molecule has 1 aromatic rings. The molecule has 0 saturated carbocycles. The zero-order valence-corrected chi connectivity index (χ0v) is 10.8. The molecule has 1 aromatic heterocycles. The van der Waals surface area contributed by atoms with Crippen LogP contribution in [0.5, 0.6) is 0 Å². The predicted molar refractivity (Wildman–Crippen MR) is 63.7 cm³/mol. The van der Waals surface area contributed by atoms with Crippen LogP contribution in [-0.4, -0.2) is 14.6 Å². The lowest BCUT2D eigenvalue weighted by Crippen LogP contribution is -2.05. The van der Waals surface area contributed by atoms with Gasteiger partial charge in [0.25, 0.3) is 0 Å². The maximum Gasteiger partial charge on any atom is 0.0492 e. The van der Waals surface area contributed by atoms with Gasteiger partial charge >= 0.3 is 0 Å². The van der Waals surface area contributed by atoms with Gasteiger partial charge in [0.05, 0.1) is 0 Å². The maximum atomic E-state index is 4.16. The zero-order valence-electron chi connectivity index (χ0n) is 9.20. The first-order chi connectivity index (χ1) is 6.59. The largest absolute Gasteiger partial charge is 0.273 e. The highest BCUT2D eigenvalue weighted by atomic mass is 79.9.